The van der Waals surface area contributed by atoms with Gasteiger partial charge in [0.05, 0.1) is 12.2 Å². The number of pyridine rings is 1. The van der Waals surface area contributed by atoms with Gasteiger partial charge in [-0.25, -0.2) is 9.98 Å². The number of halogens is 4. The number of nitrogens with zero attached hydrogens (tertiary/aromatic N) is 3. The summed E-state index contributed by atoms with van der Waals surface area (Å²) in [7, 11) is 0. The fourth-order valence-corrected chi connectivity index (χ4v) is 2.82. The van der Waals surface area contributed by atoms with Crippen LogP contribution in [-0.2, 0) is 6.54 Å². The molecule has 0 spiro atoms. The zero-order valence-electron chi connectivity index (χ0n) is 14.9. The van der Waals surface area contributed by atoms with Crippen molar-refractivity contribution in [3.8, 4) is 5.75 Å². The maximum absolute atomic E-state index is 12.5. The molecule has 1 aromatic carbocycles. The molecule has 3 rings (SSSR count). The number of nitrogens with two attached hydrogens (primary N) is 1. The molecule has 28 heavy (non-hydrogen) atoms. The zero-order valence-corrected chi connectivity index (χ0v) is 17.3. The molecule has 3 N–H and O–H groups in total. The van der Waals surface area contributed by atoms with Crippen LogP contribution in [0.1, 0.15) is 18.4 Å². The first-order valence-corrected chi connectivity index (χ1v) is 8.52. The molecule has 1 aliphatic rings. The Balaban J connectivity index is 0.00000280. The number of benzene rings is 1. The maximum atomic E-state index is 12.5. The Labute approximate surface area is 178 Å². The fraction of sp³-hybridized carbons (Fsp3) is 0.333. The summed E-state index contributed by atoms with van der Waals surface area (Å²) in [5.74, 6) is 0.520. The van der Waals surface area contributed by atoms with Crippen LogP contribution in [-0.4, -0.2) is 30.4 Å². The minimum absolute atomic E-state index is 0. The second-order valence-electron chi connectivity index (χ2n) is 6.09. The molecular weight excluding hydrogens is 486 g/mol. The highest BCUT2D eigenvalue weighted by molar-refractivity contribution is 14.0. The van der Waals surface area contributed by atoms with E-state index in [4.69, 9.17) is 5.73 Å². The Kier molecular flexibility index (Phi) is 7.72. The van der Waals surface area contributed by atoms with Crippen LogP contribution < -0.4 is 20.7 Å². The number of hydrogen-bond donors (Lipinski definition) is 2. The van der Waals surface area contributed by atoms with Crippen LogP contribution in [0.25, 0.3) is 0 Å². The highest BCUT2D eigenvalue weighted by atomic mass is 127. The largest absolute Gasteiger partial charge is 0.573 e. The number of nitrogens with one attached hydrogen (secondary N) is 1. The van der Waals surface area contributed by atoms with Gasteiger partial charge in [-0.2, -0.15) is 0 Å². The highest BCUT2D eigenvalue weighted by Gasteiger charge is 2.32. The summed E-state index contributed by atoms with van der Waals surface area (Å²) in [5.41, 5.74) is 6.82. The molecule has 1 fully saturated rings. The average molecular weight is 507 g/mol. The lowest BCUT2D eigenvalue weighted by Crippen LogP contribution is -2.24. The summed E-state index contributed by atoms with van der Waals surface area (Å²) in [6, 6.07) is 9.43. The van der Waals surface area contributed by atoms with Crippen LogP contribution in [0.4, 0.5) is 24.7 Å². The molecule has 1 saturated heterocycles. The first-order valence-electron chi connectivity index (χ1n) is 8.52. The maximum Gasteiger partial charge on any atom is 0.573 e. The minimum atomic E-state index is -4.79. The molecule has 10 heteroatoms. The van der Waals surface area contributed by atoms with Crippen LogP contribution in [0.5, 0.6) is 5.75 Å². The number of alkyl halides is 3. The third-order valence-corrected chi connectivity index (χ3v) is 4.05. The van der Waals surface area contributed by atoms with E-state index in [1.165, 1.54) is 18.2 Å². The Morgan fingerprint density at radius 2 is 1.93 bits per heavy atom. The predicted molar refractivity (Wildman–Crippen MR) is 113 cm³/mol. The second kappa shape index (κ2) is 9.80. The summed E-state index contributed by atoms with van der Waals surface area (Å²) < 4.78 is 41.4. The van der Waals surface area contributed by atoms with Crippen molar-refractivity contribution in [3.05, 3.63) is 48.2 Å². The van der Waals surface area contributed by atoms with Gasteiger partial charge in [-0.1, -0.05) is 12.1 Å². The summed E-state index contributed by atoms with van der Waals surface area (Å²) in [6.45, 7) is 2.25. The van der Waals surface area contributed by atoms with Gasteiger partial charge in [-0.05, 0) is 42.7 Å². The molecule has 152 valence electrons. The van der Waals surface area contributed by atoms with Crippen LogP contribution >= 0.6 is 24.0 Å². The van der Waals surface area contributed by atoms with Gasteiger partial charge >= 0.3 is 6.36 Å². The fourth-order valence-electron chi connectivity index (χ4n) is 2.82. The lowest BCUT2D eigenvalue weighted by Gasteiger charge is -2.16. The van der Waals surface area contributed by atoms with Gasteiger partial charge in [0.1, 0.15) is 5.82 Å². The molecule has 0 amide bonds. The molecule has 1 aromatic heterocycles. The van der Waals surface area contributed by atoms with E-state index < -0.39 is 6.36 Å². The second-order valence-corrected chi connectivity index (χ2v) is 6.09. The van der Waals surface area contributed by atoms with Crippen molar-refractivity contribution in [2.75, 3.05) is 23.3 Å². The average Bonchev–Trinajstić information content (AvgIpc) is 3.15. The van der Waals surface area contributed by atoms with E-state index >= 15 is 0 Å². The zero-order chi connectivity index (χ0) is 19.3. The van der Waals surface area contributed by atoms with E-state index in [-0.39, 0.29) is 47.9 Å². The van der Waals surface area contributed by atoms with Gasteiger partial charge < -0.3 is 20.7 Å². The molecule has 0 unspecified atom stereocenters. The number of aliphatic imine (C=N–C) groups is 1. The van der Waals surface area contributed by atoms with Crippen molar-refractivity contribution >= 4 is 41.4 Å². The van der Waals surface area contributed by atoms with Crippen molar-refractivity contribution in [3.63, 3.8) is 0 Å². The number of aromatic nitrogens is 1. The van der Waals surface area contributed by atoms with Crippen LogP contribution in [0, 0.1) is 0 Å². The van der Waals surface area contributed by atoms with Gasteiger partial charge in [-0.15, -0.1) is 37.1 Å². The quantitative estimate of drug-likeness (QED) is 0.362. The van der Waals surface area contributed by atoms with Crippen molar-refractivity contribution in [1.82, 2.24) is 4.98 Å². The third-order valence-electron chi connectivity index (χ3n) is 4.05. The number of para-hydroxylation sites is 2. The lowest BCUT2D eigenvalue weighted by atomic mass is 10.2. The number of anilines is 2. The number of hydrogen-bond acceptors (Lipinski definition) is 4. The van der Waals surface area contributed by atoms with Crippen molar-refractivity contribution in [2.24, 2.45) is 10.7 Å². The van der Waals surface area contributed by atoms with Crippen molar-refractivity contribution in [2.45, 2.75) is 25.7 Å². The molecule has 1 aliphatic heterocycles. The van der Waals surface area contributed by atoms with E-state index in [2.05, 4.69) is 24.9 Å². The van der Waals surface area contributed by atoms with Gasteiger partial charge in [0.15, 0.2) is 11.7 Å². The van der Waals surface area contributed by atoms with Crippen molar-refractivity contribution < 1.29 is 17.9 Å². The number of rotatable bonds is 5. The lowest BCUT2D eigenvalue weighted by molar-refractivity contribution is -0.274. The molecule has 2 heterocycles. The Bertz CT molecular complexity index is 810. The summed E-state index contributed by atoms with van der Waals surface area (Å²) in [6.07, 6.45) is -0.762. The topological polar surface area (TPSA) is 75.8 Å². The third kappa shape index (κ3) is 6.43. The van der Waals surface area contributed by atoms with Crippen LogP contribution in [0.2, 0.25) is 0 Å². The molecule has 6 nitrogen and oxygen atoms in total. The molecule has 0 saturated carbocycles. The predicted octanol–water partition coefficient (Wildman–Crippen LogP) is 4.13. The van der Waals surface area contributed by atoms with E-state index in [1.807, 2.05) is 12.1 Å². The van der Waals surface area contributed by atoms with E-state index in [9.17, 15) is 13.2 Å². The Morgan fingerprint density at radius 3 is 2.64 bits per heavy atom. The van der Waals surface area contributed by atoms with Gasteiger partial charge in [0.25, 0.3) is 0 Å². The summed E-state index contributed by atoms with van der Waals surface area (Å²) >= 11 is 0. The van der Waals surface area contributed by atoms with Crippen LogP contribution in [0.15, 0.2) is 47.6 Å². The van der Waals surface area contributed by atoms with E-state index in [0.717, 1.165) is 37.3 Å². The molecule has 0 aliphatic carbocycles. The van der Waals surface area contributed by atoms with E-state index in [0.29, 0.717) is 0 Å². The number of ether oxygens (including phenoxy) is 1. The molecular formula is C18H21F3IN5O. The molecule has 0 atom stereocenters. The van der Waals surface area contributed by atoms with Gasteiger partial charge in [0, 0.05) is 19.3 Å². The first kappa shape index (κ1) is 22.1. The van der Waals surface area contributed by atoms with Gasteiger partial charge in [-0.3, -0.25) is 0 Å². The monoisotopic (exact) mass is 507 g/mol. The van der Waals surface area contributed by atoms with Crippen LogP contribution in [0.3, 0.4) is 0 Å². The molecule has 2 aromatic rings. The minimum Gasteiger partial charge on any atom is -0.404 e. The smallest absolute Gasteiger partial charge is 0.404 e. The van der Waals surface area contributed by atoms with Gasteiger partial charge in [0.2, 0.25) is 0 Å². The SMILES string of the molecule is I.NC(=NCc1ccnc(N2CCCC2)c1)Nc1ccccc1OC(F)(F)F. The summed E-state index contributed by atoms with van der Waals surface area (Å²) in [4.78, 5) is 10.8. The molecule has 0 radical (unpaired) electrons. The summed E-state index contributed by atoms with van der Waals surface area (Å²) in [5, 5.41) is 2.65. The normalized spacial score (nSPS) is 14.5. The number of guanidine groups is 1. The van der Waals surface area contributed by atoms with E-state index in [1.54, 1.807) is 12.3 Å². The Morgan fingerprint density at radius 1 is 1.21 bits per heavy atom. The Hall–Kier alpha value is -2.24. The molecule has 0 bridgehead atoms. The van der Waals surface area contributed by atoms with Crippen molar-refractivity contribution in [1.29, 1.82) is 0 Å². The standard InChI is InChI=1S/C18H20F3N5O.HI/c19-18(20,21)27-15-6-2-1-5-14(15)25-17(22)24-12-13-7-8-23-16(11-13)26-9-3-4-10-26;/h1-2,5-8,11H,3-4,9-10,12H2,(H3,22,24,25);1H. The first-order chi connectivity index (χ1) is 12.9. The highest BCUT2D eigenvalue weighted by Crippen LogP contribution is 2.29.